The number of carboxylic acid groups (broad SMARTS) is 1. The van der Waals surface area contributed by atoms with Crippen LogP contribution in [0.5, 0.6) is 0 Å². The van der Waals surface area contributed by atoms with E-state index in [1.54, 1.807) is 20.8 Å². The second kappa shape index (κ2) is 14.0. The van der Waals surface area contributed by atoms with Crippen molar-refractivity contribution < 1.29 is 54.0 Å². The number of aliphatic hydroxyl groups excluding tert-OH is 3. The van der Waals surface area contributed by atoms with Crippen molar-refractivity contribution in [3.8, 4) is 0 Å². The third-order valence-electron chi connectivity index (χ3n) is 8.54. The van der Waals surface area contributed by atoms with E-state index in [-0.39, 0.29) is 25.0 Å². The second-order valence-corrected chi connectivity index (χ2v) is 12.6. The highest BCUT2D eigenvalue weighted by atomic mass is 16.7. The van der Waals surface area contributed by atoms with Crippen molar-refractivity contribution in [3.05, 3.63) is 0 Å². The van der Waals surface area contributed by atoms with E-state index in [1.165, 1.54) is 27.9 Å². The van der Waals surface area contributed by atoms with Crippen molar-refractivity contribution in [2.24, 2.45) is 11.8 Å². The van der Waals surface area contributed by atoms with Gasteiger partial charge < -0.3 is 54.1 Å². The highest BCUT2D eigenvalue weighted by Crippen LogP contribution is 2.38. The van der Waals surface area contributed by atoms with Crippen LogP contribution < -0.4 is 0 Å². The molecule has 0 amide bonds. The normalized spacial score (nSPS) is 38.7. The summed E-state index contributed by atoms with van der Waals surface area (Å²) in [6, 6.07) is -0.272. The molecule has 0 aromatic carbocycles. The van der Waals surface area contributed by atoms with Crippen molar-refractivity contribution in [2.45, 2.75) is 140 Å². The Kier molecular flexibility index (Phi) is 12.4. The second-order valence-electron chi connectivity index (χ2n) is 12.6. The number of carbonyl (C=O) groups is 1. The number of nitrogens with zero attached hydrogens (tertiary/aromatic N) is 1. The van der Waals surface area contributed by atoms with E-state index in [1.807, 2.05) is 25.9 Å². The van der Waals surface area contributed by atoms with Gasteiger partial charge in [-0.15, -0.1) is 0 Å². The third-order valence-corrected chi connectivity index (χ3v) is 8.54. The molecule has 2 aliphatic rings. The van der Waals surface area contributed by atoms with Gasteiger partial charge in [0.25, 0.3) is 0 Å². The molecular formula is C28H53NO11. The summed E-state index contributed by atoms with van der Waals surface area (Å²) < 4.78 is 30.1. The Bertz CT molecular complexity index is 811. The number of hydrogen-bond donors (Lipinski definition) is 5. The van der Waals surface area contributed by atoms with Gasteiger partial charge >= 0.3 is 5.97 Å². The molecule has 2 heterocycles. The van der Waals surface area contributed by atoms with Crippen molar-refractivity contribution >= 4 is 5.97 Å². The van der Waals surface area contributed by atoms with Crippen LogP contribution in [0.4, 0.5) is 0 Å². The van der Waals surface area contributed by atoms with Crippen LogP contribution in [0.25, 0.3) is 0 Å². The zero-order chi connectivity index (χ0) is 30.7. The molecule has 5 N–H and O–H groups in total. The first-order valence-corrected chi connectivity index (χ1v) is 14.2. The fourth-order valence-electron chi connectivity index (χ4n) is 6.13. The smallest absolute Gasteiger partial charge is 0.308 e. The fourth-order valence-corrected chi connectivity index (χ4v) is 6.13. The standard InChI is InChI=1S/C28H53NO11/c1-14(30)12-27(6,35)24(40-26-21(31)19(29(8)9)11-15(2)37-26)16(3)22(17(4)25(33)34)39-20-13-28(7,36-10)23(32)18(5)38-20/h14-24,26,30-32,35H,11-13H2,1-10H3,(H,33,34)/t14-,15-,16+,17-,18+,19+,20+,21-,22+,23+,24-,26+,27-,28-/m1/s1. The summed E-state index contributed by atoms with van der Waals surface area (Å²) in [4.78, 5) is 14.1. The highest BCUT2D eigenvalue weighted by molar-refractivity contribution is 5.70. The molecule has 0 radical (unpaired) electrons. The van der Waals surface area contributed by atoms with E-state index in [0.717, 1.165) is 0 Å². The highest BCUT2D eigenvalue weighted by Gasteiger charge is 2.51. The van der Waals surface area contributed by atoms with E-state index in [4.69, 9.17) is 23.7 Å². The maximum atomic E-state index is 12.2. The van der Waals surface area contributed by atoms with Crippen LogP contribution in [-0.2, 0) is 28.5 Å². The monoisotopic (exact) mass is 579 g/mol. The van der Waals surface area contributed by atoms with Crippen LogP contribution in [0, 0.1) is 11.8 Å². The first-order valence-electron chi connectivity index (χ1n) is 14.2. The van der Waals surface area contributed by atoms with Crippen LogP contribution >= 0.6 is 0 Å². The van der Waals surface area contributed by atoms with Crippen molar-refractivity contribution in [1.29, 1.82) is 0 Å². The molecule has 0 aromatic heterocycles. The van der Waals surface area contributed by atoms with Gasteiger partial charge in [0.2, 0.25) is 0 Å². The van der Waals surface area contributed by atoms with E-state index < -0.39 is 78.2 Å². The SMILES string of the molecule is CO[C@]1(C)C[C@H](O[C@@H]([C@H](C)[C@@H](O[C@@H]2O[C@H](C)C[C@H](N(C)C)[C@H]2O)[C@](C)(O)C[C@@H](C)O)[C@@H](C)C(=O)O)O[C@@H](C)[C@@H]1O. The molecule has 0 saturated carbocycles. The summed E-state index contributed by atoms with van der Waals surface area (Å²) in [7, 11) is 5.18. The van der Waals surface area contributed by atoms with E-state index in [2.05, 4.69) is 0 Å². The van der Waals surface area contributed by atoms with Gasteiger partial charge in [-0.25, -0.2) is 0 Å². The minimum Gasteiger partial charge on any atom is -0.481 e. The van der Waals surface area contributed by atoms with Crippen LogP contribution in [-0.4, -0.2) is 130 Å². The van der Waals surface area contributed by atoms with E-state index in [9.17, 15) is 30.3 Å². The minimum absolute atomic E-state index is 0.0867. The van der Waals surface area contributed by atoms with Crippen molar-refractivity contribution in [3.63, 3.8) is 0 Å². The number of likely N-dealkylation sites (N-methyl/N-ethyl adjacent to an activating group) is 1. The maximum absolute atomic E-state index is 12.2. The number of carboxylic acids is 1. The summed E-state index contributed by atoms with van der Waals surface area (Å²) in [5.74, 6) is -2.97. The molecule has 0 aliphatic carbocycles. The Labute approximate surface area is 238 Å². The van der Waals surface area contributed by atoms with Crippen LogP contribution in [0.2, 0.25) is 0 Å². The number of methoxy groups -OCH3 is 1. The van der Waals surface area contributed by atoms with Gasteiger partial charge in [-0.1, -0.05) is 6.92 Å². The third kappa shape index (κ3) is 8.33. The minimum atomic E-state index is -1.66. The summed E-state index contributed by atoms with van der Waals surface area (Å²) in [6.07, 6.45) is -7.38. The van der Waals surface area contributed by atoms with Crippen LogP contribution in [0.15, 0.2) is 0 Å². The molecule has 0 bridgehead atoms. The fraction of sp³-hybridized carbons (Fsp3) is 0.964. The number of hydrogen-bond acceptors (Lipinski definition) is 11. The van der Waals surface area contributed by atoms with Crippen molar-refractivity contribution in [2.75, 3.05) is 21.2 Å². The van der Waals surface area contributed by atoms with Gasteiger partial charge in [0.05, 0.1) is 47.6 Å². The summed E-state index contributed by atoms with van der Waals surface area (Å²) >= 11 is 0. The Hall–Kier alpha value is -0.930. The van der Waals surface area contributed by atoms with E-state index in [0.29, 0.717) is 6.42 Å². The summed E-state index contributed by atoms with van der Waals surface area (Å²) in [6.45, 7) is 11.5. The molecule has 0 unspecified atom stereocenters. The zero-order valence-electron chi connectivity index (χ0n) is 25.7. The Morgan fingerprint density at radius 1 is 1.15 bits per heavy atom. The van der Waals surface area contributed by atoms with Crippen molar-refractivity contribution in [1.82, 2.24) is 4.90 Å². The predicted octanol–water partition coefficient (Wildman–Crippen LogP) is 0.962. The molecular weight excluding hydrogens is 526 g/mol. The van der Waals surface area contributed by atoms with Gasteiger partial charge in [-0.3, -0.25) is 4.79 Å². The molecule has 2 saturated heterocycles. The lowest BCUT2D eigenvalue weighted by molar-refractivity contribution is -0.318. The van der Waals surface area contributed by atoms with Crippen LogP contribution in [0.1, 0.15) is 67.7 Å². The lowest BCUT2D eigenvalue weighted by atomic mass is 9.79. The number of aliphatic carboxylic acids is 1. The average Bonchev–Trinajstić information content (AvgIpc) is 2.83. The lowest BCUT2D eigenvalue weighted by Gasteiger charge is -2.48. The molecule has 236 valence electrons. The van der Waals surface area contributed by atoms with Gasteiger partial charge in [0.1, 0.15) is 12.2 Å². The summed E-state index contributed by atoms with van der Waals surface area (Å²) in [5.41, 5.74) is -2.66. The molecule has 14 atom stereocenters. The molecule has 12 heteroatoms. The predicted molar refractivity (Wildman–Crippen MR) is 145 cm³/mol. The lowest BCUT2D eigenvalue weighted by Crippen LogP contribution is -2.60. The topological polar surface area (TPSA) is 168 Å². The first-order chi connectivity index (χ1) is 18.3. The maximum Gasteiger partial charge on any atom is 0.308 e. The Balaban J connectivity index is 2.46. The molecule has 40 heavy (non-hydrogen) atoms. The molecule has 2 fully saturated rings. The molecule has 2 rings (SSSR count). The Morgan fingerprint density at radius 3 is 2.25 bits per heavy atom. The largest absolute Gasteiger partial charge is 0.481 e. The van der Waals surface area contributed by atoms with Gasteiger partial charge in [0, 0.05) is 31.9 Å². The number of rotatable bonds is 13. The number of aliphatic hydroxyl groups is 4. The first kappa shape index (κ1) is 35.3. The molecule has 12 nitrogen and oxygen atoms in total. The summed E-state index contributed by atoms with van der Waals surface area (Å²) in [5, 5.41) is 53.5. The van der Waals surface area contributed by atoms with Crippen LogP contribution in [0.3, 0.4) is 0 Å². The Morgan fingerprint density at radius 2 is 1.75 bits per heavy atom. The van der Waals surface area contributed by atoms with Gasteiger partial charge in [0.15, 0.2) is 12.6 Å². The molecule has 0 aromatic rings. The number of ether oxygens (including phenoxy) is 5. The van der Waals surface area contributed by atoms with Gasteiger partial charge in [-0.2, -0.15) is 0 Å². The average molecular weight is 580 g/mol. The van der Waals surface area contributed by atoms with Gasteiger partial charge in [-0.05, 0) is 62.1 Å². The van der Waals surface area contributed by atoms with E-state index >= 15 is 0 Å². The quantitative estimate of drug-likeness (QED) is 0.210. The molecule has 2 aliphatic heterocycles. The molecule has 0 spiro atoms. The zero-order valence-corrected chi connectivity index (χ0v) is 25.7.